The van der Waals surface area contributed by atoms with Gasteiger partial charge in [0.05, 0.1) is 0 Å². The molecular weight excluding hydrogens is 280 g/mol. The van der Waals surface area contributed by atoms with Crippen LogP contribution >= 0.6 is 0 Å². The van der Waals surface area contributed by atoms with Gasteiger partial charge in [0.25, 0.3) is 5.91 Å². The van der Waals surface area contributed by atoms with E-state index in [4.69, 9.17) is 0 Å². The van der Waals surface area contributed by atoms with Gasteiger partial charge in [0, 0.05) is 45.2 Å². The van der Waals surface area contributed by atoms with Crippen molar-refractivity contribution in [3.8, 4) is 0 Å². The molecule has 0 saturated heterocycles. The molecule has 0 bridgehead atoms. The summed E-state index contributed by atoms with van der Waals surface area (Å²) in [4.78, 5) is 25.3. The summed E-state index contributed by atoms with van der Waals surface area (Å²) >= 11 is 0. The minimum Gasteiger partial charge on any atom is -0.352 e. The summed E-state index contributed by atoms with van der Waals surface area (Å²) in [5.74, 6) is -0.0398. The first-order valence-electron chi connectivity index (χ1n) is 7.50. The molecule has 122 valence electrons. The summed E-state index contributed by atoms with van der Waals surface area (Å²) in [6, 6.07) is 7.37. The summed E-state index contributed by atoms with van der Waals surface area (Å²) < 4.78 is 0. The van der Waals surface area contributed by atoms with Gasteiger partial charge in [0.15, 0.2) is 0 Å². The van der Waals surface area contributed by atoms with E-state index in [9.17, 15) is 9.59 Å². The lowest BCUT2D eigenvalue weighted by Gasteiger charge is -2.22. The van der Waals surface area contributed by atoms with E-state index in [1.54, 1.807) is 0 Å². The van der Waals surface area contributed by atoms with Gasteiger partial charge in [-0.05, 0) is 31.8 Å². The molecule has 0 atom stereocenters. The Labute approximate surface area is 132 Å². The molecule has 6 heteroatoms. The number of carbonyl (C=O) groups excluding carboxylic acids is 2. The van der Waals surface area contributed by atoms with Gasteiger partial charge >= 0.3 is 0 Å². The molecule has 2 amide bonds. The first kappa shape index (κ1) is 18.1. The summed E-state index contributed by atoms with van der Waals surface area (Å²) in [5.41, 5.74) is 1.64. The number of hydrogen-bond acceptors (Lipinski definition) is 4. The fraction of sp³-hybridized carbons (Fsp3) is 0.500. The molecule has 0 spiro atoms. The SMILES string of the molecule is CNCCN(CCNC)C(=O)c1ccc(CNC(C)=O)cc1. The van der Waals surface area contributed by atoms with Crippen LogP contribution < -0.4 is 16.0 Å². The highest BCUT2D eigenvalue weighted by molar-refractivity contribution is 5.94. The van der Waals surface area contributed by atoms with Crippen LogP contribution in [0.2, 0.25) is 0 Å². The van der Waals surface area contributed by atoms with Crippen LogP contribution in [-0.4, -0.2) is 57.0 Å². The second-order valence-corrected chi connectivity index (χ2v) is 5.11. The number of likely N-dealkylation sites (N-methyl/N-ethyl adjacent to an activating group) is 2. The minimum atomic E-state index is -0.0644. The molecule has 0 heterocycles. The lowest BCUT2D eigenvalue weighted by molar-refractivity contribution is -0.119. The number of rotatable bonds is 9. The third-order valence-corrected chi connectivity index (χ3v) is 3.29. The van der Waals surface area contributed by atoms with Crippen LogP contribution in [0.15, 0.2) is 24.3 Å². The van der Waals surface area contributed by atoms with Gasteiger partial charge in [-0.25, -0.2) is 0 Å². The Bertz CT molecular complexity index is 466. The molecule has 3 N–H and O–H groups in total. The summed E-state index contributed by atoms with van der Waals surface area (Å²) in [7, 11) is 3.75. The second-order valence-electron chi connectivity index (χ2n) is 5.11. The van der Waals surface area contributed by atoms with Gasteiger partial charge in [-0.2, -0.15) is 0 Å². The van der Waals surface area contributed by atoms with Crippen LogP contribution in [0.3, 0.4) is 0 Å². The van der Waals surface area contributed by atoms with Gasteiger partial charge in [0.1, 0.15) is 0 Å². The van der Waals surface area contributed by atoms with E-state index in [2.05, 4.69) is 16.0 Å². The van der Waals surface area contributed by atoms with E-state index in [0.717, 1.165) is 18.7 Å². The molecule has 6 nitrogen and oxygen atoms in total. The molecule has 0 unspecified atom stereocenters. The fourth-order valence-corrected chi connectivity index (χ4v) is 1.98. The molecule has 0 aliphatic carbocycles. The number of benzene rings is 1. The minimum absolute atomic E-state index is 0.0246. The highest BCUT2D eigenvalue weighted by Crippen LogP contribution is 2.08. The molecule has 0 aliphatic rings. The van der Waals surface area contributed by atoms with E-state index in [1.807, 2.05) is 43.3 Å². The number of nitrogens with zero attached hydrogens (tertiary/aromatic N) is 1. The van der Waals surface area contributed by atoms with Crippen LogP contribution in [-0.2, 0) is 11.3 Å². The highest BCUT2D eigenvalue weighted by Gasteiger charge is 2.14. The van der Waals surface area contributed by atoms with Gasteiger partial charge in [0.2, 0.25) is 5.91 Å². The fourth-order valence-electron chi connectivity index (χ4n) is 1.98. The van der Waals surface area contributed by atoms with Crippen molar-refractivity contribution in [3.05, 3.63) is 35.4 Å². The zero-order chi connectivity index (χ0) is 16.4. The first-order valence-corrected chi connectivity index (χ1v) is 7.50. The smallest absolute Gasteiger partial charge is 0.253 e. The number of hydrogen-bond donors (Lipinski definition) is 3. The quantitative estimate of drug-likeness (QED) is 0.609. The van der Waals surface area contributed by atoms with Crippen LogP contribution in [0.25, 0.3) is 0 Å². The number of carbonyl (C=O) groups is 2. The predicted octanol–water partition coefficient (Wildman–Crippen LogP) is 0.204. The Morgan fingerprint density at radius 1 is 1.00 bits per heavy atom. The molecule has 22 heavy (non-hydrogen) atoms. The molecule has 0 fully saturated rings. The van der Waals surface area contributed by atoms with Gasteiger partial charge < -0.3 is 20.9 Å². The largest absolute Gasteiger partial charge is 0.352 e. The number of amides is 2. The van der Waals surface area contributed by atoms with Crippen molar-refractivity contribution in [3.63, 3.8) is 0 Å². The molecule has 0 aliphatic heterocycles. The van der Waals surface area contributed by atoms with Crippen molar-refractivity contribution in [1.82, 2.24) is 20.9 Å². The molecule has 0 radical (unpaired) electrons. The van der Waals surface area contributed by atoms with Gasteiger partial charge in [-0.1, -0.05) is 12.1 Å². The average molecular weight is 306 g/mol. The number of nitrogens with one attached hydrogen (secondary N) is 3. The monoisotopic (exact) mass is 306 g/mol. The van der Waals surface area contributed by atoms with Crippen LogP contribution in [0, 0.1) is 0 Å². The maximum Gasteiger partial charge on any atom is 0.253 e. The summed E-state index contributed by atoms with van der Waals surface area (Å²) in [6.45, 7) is 4.83. The topological polar surface area (TPSA) is 73.5 Å². The Morgan fingerprint density at radius 2 is 1.55 bits per heavy atom. The van der Waals surface area contributed by atoms with Crippen LogP contribution in [0.4, 0.5) is 0 Å². The molecule has 0 saturated carbocycles. The Morgan fingerprint density at radius 3 is 2.00 bits per heavy atom. The molecule has 1 rings (SSSR count). The Hall–Kier alpha value is -1.92. The maximum atomic E-state index is 12.5. The summed E-state index contributed by atoms with van der Waals surface area (Å²) in [6.07, 6.45) is 0. The van der Waals surface area contributed by atoms with Crippen LogP contribution in [0.1, 0.15) is 22.8 Å². The predicted molar refractivity (Wildman–Crippen MR) is 87.7 cm³/mol. The van der Waals surface area contributed by atoms with Crippen molar-refractivity contribution in [2.24, 2.45) is 0 Å². The lowest BCUT2D eigenvalue weighted by Crippen LogP contribution is -2.40. The van der Waals surface area contributed by atoms with Gasteiger partial charge in [-0.3, -0.25) is 9.59 Å². The molecular formula is C16H26N4O2. The van der Waals surface area contributed by atoms with Crippen molar-refractivity contribution < 1.29 is 9.59 Å². The first-order chi connectivity index (χ1) is 10.6. The second kappa shape index (κ2) is 9.92. The van der Waals surface area contributed by atoms with Crippen LogP contribution in [0.5, 0.6) is 0 Å². The van der Waals surface area contributed by atoms with E-state index in [-0.39, 0.29) is 11.8 Å². The van der Waals surface area contributed by atoms with E-state index in [1.165, 1.54) is 6.92 Å². The molecule has 1 aromatic rings. The third kappa shape index (κ3) is 6.24. The zero-order valence-electron chi connectivity index (χ0n) is 13.6. The molecule has 0 aromatic heterocycles. The van der Waals surface area contributed by atoms with E-state index >= 15 is 0 Å². The van der Waals surface area contributed by atoms with Gasteiger partial charge in [-0.15, -0.1) is 0 Å². The molecule has 1 aromatic carbocycles. The van der Waals surface area contributed by atoms with E-state index in [0.29, 0.717) is 25.2 Å². The zero-order valence-corrected chi connectivity index (χ0v) is 13.6. The Kier molecular flexibility index (Phi) is 8.17. The van der Waals surface area contributed by atoms with Crippen molar-refractivity contribution in [1.29, 1.82) is 0 Å². The van der Waals surface area contributed by atoms with Crippen molar-refractivity contribution >= 4 is 11.8 Å². The Balaban J connectivity index is 2.69. The lowest BCUT2D eigenvalue weighted by atomic mass is 10.1. The maximum absolute atomic E-state index is 12.5. The van der Waals surface area contributed by atoms with Crippen molar-refractivity contribution in [2.75, 3.05) is 40.3 Å². The summed E-state index contributed by atoms with van der Waals surface area (Å²) in [5, 5.41) is 8.86. The third-order valence-electron chi connectivity index (χ3n) is 3.29. The normalized spacial score (nSPS) is 10.3. The average Bonchev–Trinajstić information content (AvgIpc) is 2.53. The standard InChI is InChI=1S/C16H26N4O2/c1-13(21)19-12-14-4-6-15(7-5-14)16(22)20(10-8-17-2)11-9-18-3/h4-7,17-18H,8-12H2,1-3H3,(H,19,21). The van der Waals surface area contributed by atoms with Crippen molar-refractivity contribution in [2.45, 2.75) is 13.5 Å². The van der Waals surface area contributed by atoms with E-state index < -0.39 is 0 Å². The highest BCUT2D eigenvalue weighted by atomic mass is 16.2.